The van der Waals surface area contributed by atoms with Gasteiger partial charge in [0.1, 0.15) is 0 Å². The van der Waals surface area contributed by atoms with Crippen LogP contribution < -0.4 is 10.6 Å². The summed E-state index contributed by atoms with van der Waals surface area (Å²) in [5.41, 5.74) is 2.46. The van der Waals surface area contributed by atoms with E-state index < -0.39 is 0 Å². The molecule has 1 saturated heterocycles. The zero-order valence-electron chi connectivity index (χ0n) is 14.6. The van der Waals surface area contributed by atoms with Crippen molar-refractivity contribution in [3.05, 3.63) is 17.5 Å². The van der Waals surface area contributed by atoms with Crippen molar-refractivity contribution in [3.63, 3.8) is 0 Å². The van der Waals surface area contributed by atoms with E-state index in [1.165, 1.54) is 36.9 Å². The smallest absolute Gasteiger partial charge is 0.315 e. The topological polar surface area (TPSA) is 62.2 Å². The standard InChI is InChI=1S/C18H29N5O/c1-22-17-8-4-7-16(15(17)11-19-22)21-18(24)20-13-9-10-23(12-13)14-5-2-3-6-14/h11,13-14,16H,2-10,12H2,1H3,(H2,20,21,24)/t13-,16+/m0/s1. The van der Waals surface area contributed by atoms with Crippen LogP contribution in [0.25, 0.3) is 0 Å². The summed E-state index contributed by atoms with van der Waals surface area (Å²) in [6.07, 6.45) is 11.6. The molecule has 1 aliphatic heterocycles. The van der Waals surface area contributed by atoms with E-state index in [9.17, 15) is 4.79 Å². The van der Waals surface area contributed by atoms with Crippen LogP contribution in [0, 0.1) is 0 Å². The molecule has 2 amide bonds. The summed E-state index contributed by atoms with van der Waals surface area (Å²) in [6, 6.07) is 1.14. The highest BCUT2D eigenvalue weighted by Gasteiger charge is 2.31. The van der Waals surface area contributed by atoms with E-state index in [1.807, 2.05) is 17.9 Å². The van der Waals surface area contributed by atoms with Crippen LogP contribution in [0.2, 0.25) is 0 Å². The van der Waals surface area contributed by atoms with Gasteiger partial charge in [0.15, 0.2) is 0 Å². The Hall–Kier alpha value is -1.56. The largest absolute Gasteiger partial charge is 0.334 e. The molecule has 2 atom stereocenters. The Bertz CT molecular complexity index is 592. The summed E-state index contributed by atoms with van der Waals surface area (Å²) in [7, 11) is 1.98. The highest BCUT2D eigenvalue weighted by atomic mass is 16.2. The van der Waals surface area contributed by atoms with Crippen LogP contribution >= 0.6 is 0 Å². The first kappa shape index (κ1) is 15.9. The minimum absolute atomic E-state index is 0.0185. The van der Waals surface area contributed by atoms with Crippen molar-refractivity contribution in [3.8, 4) is 0 Å². The van der Waals surface area contributed by atoms with E-state index in [2.05, 4.69) is 20.6 Å². The second kappa shape index (κ2) is 6.75. The molecule has 132 valence electrons. The number of carbonyl (C=O) groups excluding carboxylic acids is 1. The average molecular weight is 331 g/mol. The number of amides is 2. The Labute approximate surface area is 144 Å². The maximum Gasteiger partial charge on any atom is 0.315 e. The minimum Gasteiger partial charge on any atom is -0.334 e. The fraction of sp³-hybridized carbons (Fsp3) is 0.778. The maximum atomic E-state index is 12.4. The first-order chi connectivity index (χ1) is 11.7. The SMILES string of the molecule is Cn1ncc2c1CCC[C@H]2NC(=O)N[C@H]1CCN(C2CCCC2)C1. The number of rotatable bonds is 3. The summed E-state index contributed by atoms with van der Waals surface area (Å²) in [4.78, 5) is 15.0. The van der Waals surface area contributed by atoms with Gasteiger partial charge in [0.2, 0.25) is 0 Å². The van der Waals surface area contributed by atoms with E-state index in [0.29, 0.717) is 6.04 Å². The van der Waals surface area contributed by atoms with E-state index in [-0.39, 0.29) is 12.1 Å². The molecule has 2 N–H and O–H groups in total. The molecular weight excluding hydrogens is 302 g/mol. The van der Waals surface area contributed by atoms with Gasteiger partial charge in [0.25, 0.3) is 0 Å². The number of fused-ring (bicyclic) bond motifs is 1. The average Bonchev–Trinajstić information content (AvgIpc) is 3.29. The molecule has 0 unspecified atom stereocenters. The molecule has 0 spiro atoms. The molecule has 2 heterocycles. The van der Waals surface area contributed by atoms with Crippen molar-refractivity contribution in [2.45, 2.75) is 69.5 Å². The van der Waals surface area contributed by atoms with Gasteiger partial charge >= 0.3 is 6.03 Å². The van der Waals surface area contributed by atoms with Gasteiger partial charge < -0.3 is 10.6 Å². The second-order valence-electron chi connectivity index (χ2n) is 7.65. The van der Waals surface area contributed by atoms with Crippen molar-refractivity contribution in [1.29, 1.82) is 0 Å². The maximum absolute atomic E-state index is 12.4. The summed E-state index contributed by atoms with van der Waals surface area (Å²) >= 11 is 0. The molecule has 1 saturated carbocycles. The van der Waals surface area contributed by atoms with Crippen molar-refractivity contribution in [2.75, 3.05) is 13.1 Å². The van der Waals surface area contributed by atoms with Gasteiger partial charge in [-0.05, 0) is 38.5 Å². The van der Waals surface area contributed by atoms with Crippen LogP contribution in [0.5, 0.6) is 0 Å². The number of aryl methyl sites for hydroxylation is 1. The van der Waals surface area contributed by atoms with Crippen molar-refractivity contribution in [2.24, 2.45) is 7.05 Å². The third-order valence-electron chi connectivity index (χ3n) is 6.08. The van der Waals surface area contributed by atoms with Crippen molar-refractivity contribution in [1.82, 2.24) is 25.3 Å². The van der Waals surface area contributed by atoms with Crippen LogP contribution in [0.3, 0.4) is 0 Å². The summed E-state index contributed by atoms with van der Waals surface area (Å²) in [6.45, 7) is 2.15. The molecule has 0 aromatic carbocycles. The number of hydrogen-bond acceptors (Lipinski definition) is 3. The molecule has 3 aliphatic rings. The number of nitrogens with one attached hydrogen (secondary N) is 2. The molecule has 1 aromatic rings. The Morgan fingerprint density at radius 3 is 2.83 bits per heavy atom. The summed E-state index contributed by atoms with van der Waals surface area (Å²) in [5.74, 6) is 0. The molecule has 0 bridgehead atoms. The molecule has 1 aromatic heterocycles. The molecule has 6 heteroatoms. The first-order valence-electron chi connectivity index (χ1n) is 9.52. The zero-order chi connectivity index (χ0) is 16.5. The predicted octanol–water partition coefficient (Wildman–Crippen LogP) is 2.11. The van der Waals surface area contributed by atoms with Crippen molar-refractivity contribution < 1.29 is 4.79 Å². The summed E-state index contributed by atoms with van der Waals surface area (Å²) < 4.78 is 1.94. The number of aromatic nitrogens is 2. The van der Waals surface area contributed by atoms with Gasteiger partial charge in [-0.3, -0.25) is 9.58 Å². The Morgan fingerprint density at radius 1 is 1.17 bits per heavy atom. The predicted molar refractivity (Wildman–Crippen MR) is 92.8 cm³/mol. The Morgan fingerprint density at radius 2 is 2.00 bits per heavy atom. The quantitative estimate of drug-likeness (QED) is 0.892. The molecular formula is C18H29N5O. The lowest BCUT2D eigenvalue weighted by Crippen LogP contribution is -2.45. The fourth-order valence-corrected chi connectivity index (χ4v) is 4.75. The normalized spacial score (nSPS) is 28.0. The fourth-order valence-electron chi connectivity index (χ4n) is 4.75. The van der Waals surface area contributed by atoms with Crippen molar-refractivity contribution >= 4 is 6.03 Å². The number of nitrogens with zero attached hydrogens (tertiary/aromatic N) is 3. The van der Waals surface area contributed by atoms with Gasteiger partial charge in [-0.25, -0.2) is 4.79 Å². The van der Waals surface area contributed by atoms with E-state index >= 15 is 0 Å². The molecule has 24 heavy (non-hydrogen) atoms. The van der Waals surface area contributed by atoms with Crippen LogP contribution in [0.4, 0.5) is 4.79 Å². The summed E-state index contributed by atoms with van der Waals surface area (Å²) in [5, 5.41) is 10.7. The van der Waals surface area contributed by atoms with Gasteiger partial charge in [-0.2, -0.15) is 5.10 Å². The molecule has 2 fully saturated rings. The van der Waals surface area contributed by atoms with Crippen LogP contribution in [-0.2, 0) is 13.5 Å². The van der Waals surface area contributed by atoms with Crippen LogP contribution in [0.15, 0.2) is 6.20 Å². The lowest BCUT2D eigenvalue weighted by Gasteiger charge is -2.26. The third kappa shape index (κ3) is 3.16. The number of likely N-dealkylation sites (tertiary alicyclic amines) is 1. The molecule has 4 rings (SSSR count). The highest BCUT2D eigenvalue weighted by molar-refractivity contribution is 5.75. The number of urea groups is 1. The third-order valence-corrected chi connectivity index (χ3v) is 6.08. The number of hydrogen-bond donors (Lipinski definition) is 2. The van der Waals surface area contributed by atoms with E-state index in [1.54, 1.807) is 0 Å². The molecule has 0 radical (unpaired) electrons. The van der Waals surface area contributed by atoms with Gasteiger partial charge in [-0.15, -0.1) is 0 Å². The Balaban J connectivity index is 1.30. The highest BCUT2D eigenvalue weighted by Crippen LogP contribution is 2.29. The molecule has 2 aliphatic carbocycles. The lowest BCUT2D eigenvalue weighted by molar-refractivity contribution is 0.224. The molecule has 6 nitrogen and oxygen atoms in total. The van der Waals surface area contributed by atoms with Gasteiger partial charge in [0.05, 0.1) is 12.2 Å². The zero-order valence-corrected chi connectivity index (χ0v) is 14.6. The lowest BCUT2D eigenvalue weighted by atomic mass is 9.93. The van der Waals surface area contributed by atoms with Gasteiger partial charge in [-0.1, -0.05) is 12.8 Å². The second-order valence-corrected chi connectivity index (χ2v) is 7.65. The number of carbonyl (C=O) groups is 1. The monoisotopic (exact) mass is 331 g/mol. The van der Waals surface area contributed by atoms with Gasteiger partial charge in [0, 0.05) is 43.5 Å². The van der Waals surface area contributed by atoms with E-state index in [4.69, 9.17) is 0 Å². The first-order valence-corrected chi connectivity index (χ1v) is 9.52. The van der Waals surface area contributed by atoms with Crippen LogP contribution in [-0.4, -0.2) is 45.9 Å². The Kier molecular flexibility index (Phi) is 4.48. The minimum atomic E-state index is -0.0185. The van der Waals surface area contributed by atoms with E-state index in [0.717, 1.165) is 44.8 Å². The van der Waals surface area contributed by atoms with Crippen LogP contribution in [0.1, 0.15) is 62.2 Å².